The highest BCUT2D eigenvalue weighted by molar-refractivity contribution is 5.37. The fourth-order valence-electron chi connectivity index (χ4n) is 3.06. The van der Waals surface area contributed by atoms with Crippen molar-refractivity contribution in [3.8, 4) is 5.75 Å². The summed E-state index contributed by atoms with van der Waals surface area (Å²) in [7, 11) is 5.83. The second kappa shape index (κ2) is 7.22. The van der Waals surface area contributed by atoms with Gasteiger partial charge in [0, 0.05) is 37.8 Å². The van der Waals surface area contributed by atoms with Crippen LogP contribution in [0.25, 0.3) is 0 Å². The second-order valence-electron chi connectivity index (χ2n) is 6.09. The lowest BCUT2D eigenvalue weighted by atomic mass is 10.1. The number of likely N-dealkylation sites (tertiary alicyclic amines) is 1. The van der Waals surface area contributed by atoms with E-state index >= 15 is 0 Å². The number of methoxy groups -OCH3 is 1. The second-order valence-corrected chi connectivity index (χ2v) is 6.09. The van der Waals surface area contributed by atoms with Crippen LogP contribution in [0, 0.1) is 0 Å². The zero-order valence-electron chi connectivity index (χ0n) is 13.2. The first-order valence-corrected chi connectivity index (χ1v) is 7.46. The Morgan fingerprint density at radius 2 is 2.19 bits per heavy atom. The van der Waals surface area contributed by atoms with E-state index < -0.39 is 0 Å². The average Bonchev–Trinajstić information content (AvgIpc) is 2.77. The van der Waals surface area contributed by atoms with Crippen molar-refractivity contribution in [1.29, 1.82) is 0 Å². The molecule has 1 fully saturated rings. The molecule has 2 atom stereocenters. The molecule has 3 N–H and O–H groups in total. The first-order valence-electron chi connectivity index (χ1n) is 7.46. The van der Waals surface area contributed by atoms with E-state index in [1.807, 2.05) is 12.1 Å². The standard InChI is InChI=1S/C16H27N3O2/c1-18(2)10-14-7-15(20)11-19(14)9-13-6-12(8-17)4-5-16(13)21-3/h4-6,14-15,20H,7-11,17H2,1-3H3. The monoisotopic (exact) mass is 293 g/mol. The number of aliphatic hydroxyl groups is 1. The number of likely N-dealkylation sites (N-methyl/N-ethyl adjacent to an activating group) is 1. The number of aliphatic hydroxyl groups excluding tert-OH is 1. The SMILES string of the molecule is COc1ccc(CN)cc1CN1CC(O)CC1CN(C)C. The molecule has 1 aliphatic heterocycles. The summed E-state index contributed by atoms with van der Waals surface area (Å²) < 4.78 is 5.46. The molecule has 1 aromatic rings. The van der Waals surface area contributed by atoms with Gasteiger partial charge in [-0.3, -0.25) is 4.90 Å². The van der Waals surface area contributed by atoms with Crippen molar-refractivity contribution in [3.05, 3.63) is 29.3 Å². The van der Waals surface area contributed by atoms with E-state index in [2.05, 4.69) is 30.0 Å². The first kappa shape index (κ1) is 16.2. The maximum absolute atomic E-state index is 9.98. The third kappa shape index (κ3) is 4.17. The number of benzene rings is 1. The fraction of sp³-hybridized carbons (Fsp3) is 0.625. The minimum atomic E-state index is -0.237. The number of ether oxygens (including phenoxy) is 1. The summed E-state index contributed by atoms with van der Waals surface area (Å²) in [6.45, 7) is 2.98. The maximum Gasteiger partial charge on any atom is 0.123 e. The van der Waals surface area contributed by atoms with Gasteiger partial charge in [0.25, 0.3) is 0 Å². The van der Waals surface area contributed by atoms with E-state index in [0.717, 1.165) is 36.4 Å². The number of nitrogens with zero attached hydrogens (tertiary/aromatic N) is 2. The van der Waals surface area contributed by atoms with Crippen LogP contribution in [0.15, 0.2) is 18.2 Å². The molecule has 0 aromatic heterocycles. The summed E-state index contributed by atoms with van der Waals surface area (Å²) in [4.78, 5) is 4.51. The van der Waals surface area contributed by atoms with Crippen LogP contribution in [0.5, 0.6) is 5.75 Å². The van der Waals surface area contributed by atoms with Crippen LogP contribution in [0.2, 0.25) is 0 Å². The predicted octanol–water partition coefficient (Wildman–Crippen LogP) is 0.651. The minimum absolute atomic E-state index is 0.237. The molecule has 0 radical (unpaired) electrons. The molecule has 1 aliphatic rings. The molecule has 5 heteroatoms. The number of nitrogens with two attached hydrogens (primary N) is 1. The van der Waals surface area contributed by atoms with Crippen LogP contribution in [0.4, 0.5) is 0 Å². The van der Waals surface area contributed by atoms with Crippen molar-refractivity contribution < 1.29 is 9.84 Å². The molecule has 0 saturated carbocycles. The van der Waals surface area contributed by atoms with Crippen molar-refractivity contribution in [2.45, 2.75) is 31.7 Å². The summed E-state index contributed by atoms with van der Waals surface area (Å²) in [6, 6.07) is 6.46. The highest BCUT2D eigenvalue weighted by Crippen LogP contribution is 2.26. The van der Waals surface area contributed by atoms with Crippen LogP contribution in [0.3, 0.4) is 0 Å². The van der Waals surface area contributed by atoms with Crippen molar-refractivity contribution in [1.82, 2.24) is 9.80 Å². The first-order chi connectivity index (χ1) is 10.0. The molecule has 0 spiro atoms. The molecule has 0 bridgehead atoms. The highest BCUT2D eigenvalue weighted by atomic mass is 16.5. The van der Waals surface area contributed by atoms with E-state index in [0.29, 0.717) is 19.1 Å². The molecule has 118 valence electrons. The van der Waals surface area contributed by atoms with Crippen LogP contribution >= 0.6 is 0 Å². The van der Waals surface area contributed by atoms with Crippen molar-refractivity contribution in [3.63, 3.8) is 0 Å². The fourth-order valence-corrected chi connectivity index (χ4v) is 3.06. The summed E-state index contributed by atoms with van der Waals surface area (Å²) in [5, 5.41) is 9.98. The number of β-amino-alcohol motifs (C(OH)–C–C–N with tert-alkyl or cyclic N) is 1. The smallest absolute Gasteiger partial charge is 0.123 e. The molecule has 21 heavy (non-hydrogen) atoms. The Balaban J connectivity index is 2.15. The van der Waals surface area contributed by atoms with Gasteiger partial charge in [0.2, 0.25) is 0 Å². The van der Waals surface area contributed by atoms with Crippen molar-refractivity contribution >= 4 is 0 Å². The normalized spacial score (nSPS) is 23.0. The number of hydrogen-bond acceptors (Lipinski definition) is 5. The van der Waals surface area contributed by atoms with Gasteiger partial charge in [-0.2, -0.15) is 0 Å². The van der Waals surface area contributed by atoms with Gasteiger partial charge in [0.05, 0.1) is 13.2 Å². The lowest BCUT2D eigenvalue weighted by Gasteiger charge is -2.27. The summed E-state index contributed by atoms with van der Waals surface area (Å²) >= 11 is 0. The van der Waals surface area contributed by atoms with Gasteiger partial charge in [-0.05, 0) is 38.2 Å². The Bertz CT molecular complexity index is 465. The largest absolute Gasteiger partial charge is 0.496 e. The molecular weight excluding hydrogens is 266 g/mol. The average molecular weight is 293 g/mol. The van der Waals surface area contributed by atoms with Crippen LogP contribution < -0.4 is 10.5 Å². The van der Waals surface area contributed by atoms with Crippen molar-refractivity contribution in [2.24, 2.45) is 5.73 Å². The molecule has 0 aliphatic carbocycles. The molecule has 1 heterocycles. The molecule has 1 aromatic carbocycles. The molecule has 1 saturated heterocycles. The molecule has 2 unspecified atom stereocenters. The Kier molecular flexibility index (Phi) is 5.58. The Hall–Kier alpha value is -1.14. The number of hydrogen-bond donors (Lipinski definition) is 2. The molecule has 5 nitrogen and oxygen atoms in total. The molecule has 2 rings (SSSR count). The molecular formula is C16H27N3O2. The Labute approximate surface area is 127 Å². The van der Waals surface area contributed by atoms with E-state index in [1.165, 1.54) is 0 Å². The van der Waals surface area contributed by atoms with E-state index in [-0.39, 0.29) is 6.10 Å². The lowest BCUT2D eigenvalue weighted by Crippen LogP contribution is -2.37. The topological polar surface area (TPSA) is 62.0 Å². The summed E-state index contributed by atoms with van der Waals surface area (Å²) in [5.41, 5.74) is 7.98. The summed E-state index contributed by atoms with van der Waals surface area (Å²) in [5.74, 6) is 0.886. The number of rotatable bonds is 6. The maximum atomic E-state index is 9.98. The third-order valence-corrected chi connectivity index (χ3v) is 4.04. The predicted molar refractivity (Wildman–Crippen MR) is 84.3 cm³/mol. The van der Waals surface area contributed by atoms with Gasteiger partial charge in [0.1, 0.15) is 5.75 Å². The third-order valence-electron chi connectivity index (χ3n) is 4.04. The highest BCUT2D eigenvalue weighted by Gasteiger charge is 2.31. The van der Waals surface area contributed by atoms with Crippen LogP contribution in [-0.4, -0.2) is 61.3 Å². The van der Waals surface area contributed by atoms with E-state index in [4.69, 9.17) is 10.5 Å². The van der Waals surface area contributed by atoms with Gasteiger partial charge in [-0.1, -0.05) is 6.07 Å². The van der Waals surface area contributed by atoms with E-state index in [9.17, 15) is 5.11 Å². The zero-order chi connectivity index (χ0) is 15.4. The van der Waals surface area contributed by atoms with Gasteiger partial charge in [-0.25, -0.2) is 0 Å². The van der Waals surface area contributed by atoms with Gasteiger partial charge in [0.15, 0.2) is 0 Å². The van der Waals surface area contributed by atoms with Gasteiger partial charge >= 0.3 is 0 Å². The van der Waals surface area contributed by atoms with Crippen molar-refractivity contribution in [2.75, 3.05) is 34.3 Å². The zero-order valence-corrected chi connectivity index (χ0v) is 13.2. The van der Waals surface area contributed by atoms with Gasteiger partial charge in [-0.15, -0.1) is 0 Å². The quantitative estimate of drug-likeness (QED) is 0.806. The Morgan fingerprint density at radius 3 is 2.81 bits per heavy atom. The molecule has 0 amide bonds. The lowest BCUT2D eigenvalue weighted by molar-refractivity contribution is 0.168. The Morgan fingerprint density at radius 1 is 1.43 bits per heavy atom. The van der Waals surface area contributed by atoms with E-state index in [1.54, 1.807) is 7.11 Å². The van der Waals surface area contributed by atoms with Crippen LogP contribution in [0.1, 0.15) is 17.5 Å². The minimum Gasteiger partial charge on any atom is -0.496 e. The van der Waals surface area contributed by atoms with Crippen LogP contribution in [-0.2, 0) is 13.1 Å². The van der Waals surface area contributed by atoms with Gasteiger partial charge < -0.3 is 20.5 Å². The summed E-state index contributed by atoms with van der Waals surface area (Å²) in [6.07, 6.45) is 0.593.